The molecule has 1 aromatic rings. The van der Waals surface area contributed by atoms with E-state index in [-0.39, 0.29) is 11.3 Å². The summed E-state index contributed by atoms with van der Waals surface area (Å²) in [6.45, 7) is 4.93. The molecular formula is C14H18N2O4S. The molecule has 0 heterocycles. The second-order valence-electron chi connectivity index (χ2n) is 5.74. The number of benzene rings is 1. The van der Waals surface area contributed by atoms with E-state index in [1.165, 1.54) is 24.3 Å². The van der Waals surface area contributed by atoms with E-state index < -0.39 is 27.4 Å². The highest BCUT2D eigenvalue weighted by molar-refractivity contribution is 7.89. The van der Waals surface area contributed by atoms with Crippen LogP contribution in [0.1, 0.15) is 26.3 Å². The molecule has 0 fully saturated rings. The normalized spacial score (nSPS) is 13.4. The summed E-state index contributed by atoms with van der Waals surface area (Å²) in [5.74, 6) is -1.23. The van der Waals surface area contributed by atoms with Crippen LogP contribution < -0.4 is 4.72 Å². The summed E-state index contributed by atoms with van der Waals surface area (Å²) in [5.41, 5.74) is -0.0679. The number of carboxylic acids is 1. The van der Waals surface area contributed by atoms with Crippen molar-refractivity contribution in [3.8, 4) is 6.07 Å². The van der Waals surface area contributed by atoms with Gasteiger partial charge in [0, 0.05) is 0 Å². The van der Waals surface area contributed by atoms with Crippen LogP contribution in [-0.2, 0) is 21.2 Å². The molecule has 114 valence electrons. The maximum atomic E-state index is 12.2. The van der Waals surface area contributed by atoms with Gasteiger partial charge in [0.15, 0.2) is 0 Å². The molecule has 0 aromatic heterocycles. The Kier molecular flexibility index (Phi) is 5.10. The molecule has 0 aliphatic heterocycles. The molecule has 0 aliphatic rings. The number of carboxylic acid groups (broad SMARTS) is 1. The first-order chi connectivity index (χ1) is 9.58. The quantitative estimate of drug-likeness (QED) is 0.857. The summed E-state index contributed by atoms with van der Waals surface area (Å²) in [6.07, 6.45) is 0.188. The second kappa shape index (κ2) is 6.24. The zero-order chi connectivity index (χ0) is 16.3. The van der Waals surface area contributed by atoms with Crippen LogP contribution in [0.15, 0.2) is 29.2 Å². The third-order valence-corrected chi connectivity index (χ3v) is 4.34. The lowest BCUT2D eigenvalue weighted by molar-refractivity contribution is -0.141. The minimum Gasteiger partial charge on any atom is -0.480 e. The van der Waals surface area contributed by atoms with Crippen LogP contribution in [0, 0.1) is 16.7 Å². The summed E-state index contributed by atoms with van der Waals surface area (Å²) in [5, 5.41) is 17.7. The van der Waals surface area contributed by atoms with Crippen LogP contribution in [0.25, 0.3) is 0 Å². The van der Waals surface area contributed by atoms with E-state index in [2.05, 4.69) is 4.72 Å². The number of hydrogen-bond acceptors (Lipinski definition) is 4. The van der Waals surface area contributed by atoms with Gasteiger partial charge < -0.3 is 5.11 Å². The maximum Gasteiger partial charge on any atom is 0.322 e. The van der Waals surface area contributed by atoms with Crippen molar-refractivity contribution in [2.45, 2.75) is 38.1 Å². The average molecular weight is 310 g/mol. The van der Waals surface area contributed by atoms with Gasteiger partial charge in [0.1, 0.15) is 6.04 Å². The molecule has 0 aliphatic carbocycles. The van der Waals surface area contributed by atoms with E-state index in [0.717, 1.165) is 0 Å². The SMILES string of the molecule is CC(C)(C)[C@@H](NS(=O)(=O)c1ccc(CC#N)cc1)C(=O)O. The van der Waals surface area contributed by atoms with Crippen molar-refractivity contribution in [2.75, 3.05) is 0 Å². The number of aliphatic carboxylic acids is 1. The summed E-state index contributed by atoms with van der Waals surface area (Å²) in [7, 11) is -3.93. The van der Waals surface area contributed by atoms with E-state index in [0.29, 0.717) is 5.56 Å². The molecule has 0 saturated heterocycles. The Hall–Kier alpha value is -1.91. The standard InChI is InChI=1S/C14H18N2O4S/c1-14(2,3)12(13(17)18)16-21(19,20)11-6-4-10(5-7-11)8-9-15/h4-7,12,16H,8H2,1-3H3,(H,17,18)/t12-/m0/s1. The Morgan fingerprint density at radius 3 is 2.24 bits per heavy atom. The van der Waals surface area contributed by atoms with Gasteiger partial charge in [0.2, 0.25) is 10.0 Å². The molecule has 1 rings (SSSR count). The fraction of sp³-hybridized carbons (Fsp3) is 0.429. The summed E-state index contributed by atoms with van der Waals surface area (Å²) < 4.78 is 26.7. The van der Waals surface area contributed by atoms with Crippen LogP contribution in [0.5, 0.6) is 0 Å². The molecular weight excluding hydrogens is 292 g/mol. The Morgan fingerprint density at radius 2 is 1.86 bits per heavy atom. The number of nitrogens with zero attached hydrogens (tertiary/aromatic N) is 1. The van der Waals surface area contributed by atoms with Crippen LogP contribution >= 0.6 is 0 Å². The van der Waals surface area contributed by atoms with E-state index in [1.54, 1.807) is 20.8 Å². The van der Waals surface area contributed by atoms with Gasteiger partial charge in [-0.25, -0.2) is 8.42 Å². The Morgan fingerprint density at radius 1 is 1.33 bits per heavy atom. The predicted molar refractivity (Wildman–Crippen MR) is 77.0 cm³/mol. The van der Waals surface area contributed by atoms with Crippen molar-refractivity contribution in [3.05, 3.63) is 29.8 Å². The fourth-order valence-corrected chi connectivity index (χ4v) is 3.09. The van der Waals surface area contributed by atoms with Gasteiger partial charge in [-0.15, -0.1) is 0 Å². The van der Waals surface area contributed by atoms with Crippen LogP contribution in [-0.4, -0.2) is 25.5 Å². The van der Waals surface area contributed by atoms with Crippen LogP contribution in [0.2, 0.25) is 0 Å². The second-order valence-corrected chi connectivity index (χ2v) is 7.45. The number of nitrogens with one attached hydrogen (secondary N) is 1. The molecule has 0 spiro atoms. The monoisotopic (exact) mass is 310 g/mol. The Bertz CT molecular complexity index is 652. The summed E-state index contributed by atoms with van der Waals surface area (Å²) >= 11 is 0. The molecule has 21 heavy (non-hydrogen) atoms. The Balaban J connectivity index is 3.05. The summed E-state index contributed by atoms with van der Waals surface area (Å²) in [6, 6.07) is 6.51. The van der Waals surface area contributed by atoms with Gasteiger partial charge in [-0.1, -0.05) is 32.9 Å². The summed E-state index contributed by atoms with van der Waals surface area (Å²) in [4.78, 5) is 11.2. The lowest BCUT2D eigenvalue weighted by Gasteiger charge is -2.27. The molecule has 0 unspecified atom stereocenters. The molecule has 7 heteroatoms. The minimum atomic E-state index is -3.93. The third-order valence-electron chi connectivity index (χ3n) is 2.90. The van der Waals surface area contributed by atoms with Crippen molar-refractivity contribution in [3.63, 3.8) is 0 Å². The van der Waals surface area contributed by atoms with E-state index in [1.807, 2.05) is 6.07 Å². The highest BCUT2D eigenvalue weighted by Gasteiger charge is 2.35. The average Bonchev–Trinajstić information content (AvgIpc) is 2.35. The lowest BCUT2D eigenvalue weighted by Crippen LogP contribution is -2.48. The predicted octanol–water partition coefficient (Wildman–Crippen LogP) is 1.53. The molecule has 0 bridgehead atoms. The van der Waals surface area contributed by atoms with E-state index >= 15 is 0 Å². The maximum absolute atomic E-state index is 12.2. The van der Waals surface area contributed by atoms with E-state index in [4.69, 9.17) is 5.26 Å². The number of sulfonamides is 1. The number of nitriles is 1. The minimum absolute atomic E-state index is 0.0281. The largest absolute Gasteiger partial charge is 0.480 e. The third kappa shape index (κ3) is 4.55. The molecule has 2 N–H and O–H groups in total. The van der Waals surface area contributed by atoms with Gasteiger partial charge in [0.05, 0.1) is 17.4 Å². The van der Waals surface area contributed by atoms with Crippen molar-refractivity contribution in [2.24, 2.45) is 5.41 Å². The zero-order valence-electron chi connectivity index (χ0n) is 12.1. The molecule has 6 nitrogen and oxygen atoms in total. The van der Waals surface area contributed by atoms with Crippen LogP contribution in [0.4, 0.5) is 0 Å². The first-order valence-electron chi connectivity index (χ1n) is 6.29. The first kappa shape index (κ1) is 17.1. The zero-order valence-corrected chi connectivity index (χ0v) is 12.9. The molecule has 0 radical (unpaired) electrons. The number of hydrogen-bond donors (Lipinski definition) is 2. The fourth-order valence-electron chi connectivity index (χ4n) is 1.70. The van der Waals surface area contributed by atoms with Gasteiger partial charge in [-0.3, -0.25) is 4.79 Å². The van der Waals surface area contributed by atoms with Crippen molar-refractivity contribution < 1.29 is 18.3 Å². The first-order valence-corrected chi connectivity index (χ1v) is 7.77. The van der Waals surface area contributed by atoms with Crippen LogP contribution in [0.3, 0.4) is 0 Å². The highest BCUT2D eigenvalue weighted by Crippen LogP contribution is 2.22. The topological polar surface area (TPSA) is 107 Å². The van der Waals surface area contributed by atoms with Gasteiger partial charge >= 0.3 is 5.97 Å². The molecule has 0 saturated carbocycles. The highest BCUT2D eigenvalue weighted by atomic mass is 32.2. The van der Waals surface area contributed by atoms with Gasteiger partial charge in [0.25, 0.3) is 0 Å². The van der Waals surface area contributed by atoms with Gasteiger partial charge in [-0.05, 0) is 23.1 Å². The molecule has 0 amide bonds. The molecule has 1 atom stereocenters. The lowest BCUT2D eigenvalue weighted by atomic mass is 9.88. The number of carbonyl (C=O) groups is 1. The van der Waals surface area contributed by atoms with Gasteiger partial charge in [-0.2, -0.15) is 9.98 Å². The van der Waals surface area contributed by atoms with Crippen molar-refractivity contribution in [1.29, 1.82) is 5.26 Å². The van der Waals surface area contributed by atoms with Crippen molar-refractivity contribution in [1.82, 2.24) is 4.72 Å². The number of rotatable bonds is 5. The van der Waals surface area contributed by atoms with E-state index in [9.17, 15) is 18.3 Å². The smallest absolute Gasteiger partial charge is 0.322 e. The Labute approximate surface area is 124 Å². The van der Waals surface area contributed by atoms with Crippen molar-refractivity contribution >= 4 is 16.0 Å². The molecule has 1 aromatic carbocycles.